The first-order valence-corrected chi connectivity index (χ1v) is 15.3. The first-order valence-electron chi connectivity index (χ1n) is 12.7. The molecule has 3 rings (SSSR count). The zero-order valence-corrected chi connectivity index (χ0v) is 24.3. The minimum absolute atomic E-state index is 0.0150. The maximum Gasteiger partial charge on any atom is 0.244 e. The molecule has 0 spiro atoms. The van der Waals surface area contributed by atoms with E-state index in [0.29, 0.717) is 27.8 Å². The highest BCUT2D eigenvalue weighted by Gasteiger charge is 2.33. The lowest BCUT2D eigenvalue weighted by molar-refractivity contribution is -0.140. The fourth-order valence-electron chi connectivity index (χ4n) is 4.68. The molecule has 1 aliphatic carbocycles. The zero-order chi connectivity index (χ0) is 27.9. The Hall–Kier alpha value is -2.49. The predicted octanol–water partition coefficient (Wildman–Crippen LogP) is 5.02. The Balaban J connectivity index is 1.95. The van der Waals surface area contributed by atoms with Crippen LogP contribution in [0.3, 0.4) is 0 Å². The number of sulfonamides is 1. The SMILES string of the molecule is CC[C@@H](C(=O)NC1CCCCC1)N(Cc1ccc(Cl)cc1Cl)C(=O)CN(c1cccc(OC)c1)S(C)(=O)=O. The number of methoxy groups -OCH3 is 1. The third kappa shape index (κ3) is 8.01. The number of hydrogen-bond acceptors (Lipinski definition) is 5. The summed E-state index contributed by atoms with van der Waals surface area (Å²) in [5.74, 6) is -0.341. The summed E-state index contributed by atoms with van der Waals surface area (Å²) in [6.45, 7) is 1.34. The number of anilines is 1. The van der Waals surface area contributed by atoms with E-state index in [2.05, 4.69) is 5.32 Å². The molecule has 2 amide bonds. The number of benzene rings is 2. The molecular weight excluding hydrogens is 549 g/mol. The van der Waals surface area contributed by atoms with Crippen molar-refractivity contribution in [2.75, 3.05) is 24.2 Å². The number of rotatable bonds is 11. The summed E-state index contributed by atoms with van der Waals surface area (Å²) >= 11 is 12.5. The largest absolute Gasteiger partial charge is 0.497 e. The average Bonchev–Trinajstić information content (AvgIpc) is 2.88. The molecule has 0 aliphatic heterocycles. The van der Waals surface area contributed by atoms with E-state index in [1.807, 2.05) is 6.92 Å². The van der Waals surface area contributed by atoms with Crippen molar-refractivity contribution in [3.05, 3.63) is 58.1 Å². The summed E-state index contributed by atoms with van der Waals surface area (Å²) < 4.78 is 31.8. The van der Waals surface area contributed by atoms with Crippen LogP contribution >= 0.6 is 23.2 Å². The van der Waals surface area contributed by atoms with Crippen LogP contribution in [-0.2, 0) is 26.2 Å². The van der Waals surface area contributed by atoms with Gasteiger partial charge in [-0.1, -0.05) is 61.5 Å². The van der Waals surface area contributed by atoms with Crippen molar-refractivity contribution in [1.82, 2.24) is 10.2 Å². The van der Waals surface area contributed by atoms with Crippen molar-refractivity contribution in [2.24, 2.45) is 0 Å². The van der Waals surface area contributed by atoms with Gasteiger partial charge in [-0.15, -0.1) is 0 Å². The Bertz CT molecular complexity index is 1230. The molecule has 1 saturated carbocycles. The summed E-state index contributed by atoms with van der Waals surface area (Å²) in [5, 5.41) is 3.91. The standard InChI is InChI=1S/C27H35Cl2N3O5S/c1-4-25(27(34)30-21-9-6-5-7-10-21)31(17-19-13-14-20(28)15-24(19)29)26(33)18-32(38(3,35)36)22-11-8-12-23(16-22)37-2/h8,11-16,21,25H,4-7,9-10,17-18H2,1-3H3,(H,30,34)/t25-/m0/s1. The van der Waals surface area contributed by atoms with Gasteiger partial charge >= 0.3 is 0 Å². The molecule has 1 fully saturated rings. The van der Waals surface area contributed by atoms with Crippen LogP contribution in [0.15, 0.2) is 42.5 Å². The molecule has 8 nitrogen and oxygen atoms in total. The van der Waals surface area contributed by atoms with Gasteiger partial charge < -0.3 is 15.0 Å². The van der Waals surface area contributed by atoms with Crippen LogP contribution in [0.4, 0.5) is 5.69 Å². The smallest absolute Gasteiger partial charge is 0.244 e. The van der Waals surface area contributed by atoms with Crippen LogP contribution in [0.2, 0.25) is 10.0 Å². The van der Waals surface area contributed by atoms with E-state index in [1.54, 1.807) is 42.5 Å². The first kappa shape index (κ1) is 30.1. The topological polar surface area (TPSA) is 96.0 Å². The zero-order valence-electron chi connectivity index (χ0n) is 22.0. The molecular formula is C27H35Cl2N3O5S. The third-order valence-electron chi connectivity index (χ3n) is 6.71. The molecule has 38 heavy (non-hydrogen) atoms. The molecule has 2 aromatic carbocycles. The Kier molecular flexibility index (Phi) is 10.7. The van der Waals surface area contributed by atoms with Crippen LogP contribution in [0.1, 0.15) is 51.0 Å². The molecule has 2 aromatic rings. The number of ether oxygens (including phenoxy) is 1. The molecule has 0 bridgehead atoms. The summed E-state index contributed by atoms with van der Waals surface area (Å²) in [6.07, 6.45) is 6.42. The van der Waals surface area contributed by atoms with Crippen molar-refractivity contribution >= 4 is 50.7 Å². The second-order valence-corrected chi connectivity index (χ2v) is 12.2. The average molecular weight is 585 g/mol. The normalized spacial score (nSPS) is 15.0. The quantitative estimate of drug-likeness (QED) is 0.400. The second kappa shape index (κ2) is 13.5. The summed E-state index contributed by atoms with van der Waals surface area (Å²) in [5.41, 5.74) is 0.880. The molecule has 0 aromatic heterocycles. The van der Waals surface area contributed by atoms with Crippen LogP contribution < -0.4 is 14.4 Å². The van der Waals surface area contributed by atoms with Gasteiger partial charge in [-0.05, 0) is 49.1 Å². The van der Waals surface area contributed by atoms with Crippen LogP contribution in [0.5, 0.6) is 5.75 Å². The van der Waals surface area contributed by atoms with Crippen LogP contribution in [0, 0.1) is 0 Å². The van der Waals surface area contributed by atoms with Crippen molar-refractivity contribution in [3.8, 4) is 5.75 Å². The lowest BCUT2D eigenvalue weighted by atomic mass is 9.95. The van der Waals surface area contributed by atoms with E-state index in [-0.39, 0.29) is 24.2 Å². The molecule has 11 heteroatoms. The van der Waals surface area contributed by atoms with Crippen molar-refractivity contribution in [3.63, 3.8) is 0 Å². The van der Waals surface area contributed by atoms with Gasteiger partial charge in [0.25, 0.3) is 0 Å². The van der Waals surface area contributed by atoms with Gasteiger partial charge in [0, 0.05) is 28.7 Å². The highest BCUT2D eigenvalue weighted by molar-refractivity contribution is 7.92. The summed E-state index contributed by atoms with van der Waals surface area (Å²) in [7, 11) is -2.37. The van der Waals surface area contributed by atoms with Gasteiger partial charge in [-0.3, -0.25) is 13.9 Å². The fraction of sp³-hybridized carbons (Fsp3) is 0.481. The van der Waals surface area contributed by atoms with Gasteiger partial charge in [0.2, 0.25) is 21.8 Å². The van der Waals surface area contributed by atoms with Gasteiger partial charge in [-0.25, -0.2) is 8.42 Å². The predicted molar refractivity (Wildman–Crippen MR) is 151 cm³/mol. The lowest BCUT2D eigenvalue weighted by Gasteiger charge is -2.34. The van der Waals surface area contributed by atoms with E-state index < -0.39 is 28.5 Å². The minimum Gasteiger partial charge on any atom is -0.497 e. The number of carbonyl (C=O) groups excluding carboxylic acids is 2. The van der Waals surface area contributed by atoms with Gasteiger partial charge in [0.15, 0.2) is 0 Å². The van der Waals surface area contributed by atoms with Crippen LogP contribution in [0.25, 0.3) is 0 Å². The number of nitrogens with one attached hydrogen (secondary N) is 1. The van der Waals surface area contributed by atoms with Gasteiger partial charge in [0.05, 0.1) is 19.1 Å². The molecule has 0 heterocycles. The highest BCUT2D eigenvalue weighted by Crippen LogP contribution is 2.26. The number of halogens is 2. The summed E-state index contributed by atoms with van der Waals surface area (Å²) in [6, 6.07) is 10.6. The maximum absolute atomic E-state index is 13.8. The first-order chi connectivity index (χ1) is 18.0. The number of amides is 2. The Morgan fingerprint density at radius 3 is 2.42 bits per heavy atom. The van der Waals surface area contributed by atoms with E-state index in [0.717, 1.165) is 42.7 Å². The molecule has 0 saturated heterocycles. The highest BCUT2D eigenvalue weighted by atomic mass is 35.5. The Morgan fingerprint density at radius 1 is 1.11 bits per heavy atom. The fourth-order valence-corrected chi connectivity index (χ4v) is 5.99. The van der Waals surface area contributed by atoms with Crippen molar-refractivity contribution in [2.45, 2.75) is 64.1 Å². The number of nitrogens with zero attached hydrogens (tertiary/aromatic N) is 2. The van der Waals surface area contributed by atoms with E-state index >= 15 is 0 Å². The second-order valence-electron chi connectivity index (χ2n) is 9.50. The van der Waals surface area contributed by atoms with E-state index in [4.69, 9.17) is 27.9 Å². The molecule has 208 valence electrons. The van der Waals surface area contributed by atoms with E-state index in [1.165, 1.54) is 12.0 Å². The molecule has 0 unspecified atom stereocenters. The molecule has 1 atom stereocenters. The Labute approximate surface area is 235 Å². The lowest BCUT2D eigenvalue weighted by Crippen LogP contribution is -2.54. The minimum atomic E-state index is -3.85. The third-order valence-corrected chi connectivity index (χ3v) is 8.44. The monoisotopic (exact) mass is 583 g/mol. The Morgan fingerprint density at radius 2 is 1.82 bits per heavy atom. The molecule has 0 radical (unpaired) electrons. The molecule has 1 aliphatic rings. The molecule has 1 N–H and O–H groups in total. The summed E-state index contributed by atoms with van der Waals surface area (Å²) in [4.78, 5) is 28.7. The van der Waals surface area contributed by atoms with Crippen molar-refractivity contribution in [1.29, 1.82) is 0 Å². The number of carbonyl (C=O) groups is 2. The van der Waals surface area contributed by atoms with Crippen LogP contribution in [-0.4, -0.2) is 57.1 Å². The van der Waals surface area contributed by atoms with Crippen molar-refractivity contribution < 1.29 is 22.7 Å². The maximum atomic E-state index is 13.8. The van der Waals surface area contributed by atoms with Gasteiger partial charge in [-0.2, -0.15) is 0 Å². The number of hydrogen-bond donors (Lipinski definition) is 1. The van der Waals surface area contributed by atoms with E-state index in [9.17, 15) is 18.0 Å². The van der Waals surface area contributed by atoms with Gasteiger partial charge in [0.1, 0.15) is 18.3 Å².